The standard InChI is InChI=1S/C13H14BrN5O/c1-7-5-9(6-8(2)12(7)14)16-13(20)10-3-4-11(17-15)19-18-10/h3-6H,15H2,1-2H3,(H,16,20)(H,17,19). The number of halogens is 1. The molecule has 0 saturated heterocycles. The number of rotatable bonds is 3. The molecule has 2 aromatic rings. The highest BCUT2D eigenvalue weighted by molar-refractivity contribution is 9.10. The fraction of sp³-hybridized carbons (Fsp3) is 0.154. The van der Waals surface area contributed by atoms with Crippen molar-refractivity contribution in [2.45, 2.75) is 13.8 Å². The molecule has 1 amide bonds. The Labute approximate surface area is 124 Å². The third kappa shape index (κ3) is 3.12. The summed E-state index contributed by atoms with van der Waals surface area (Å²) in [4.78, 5) is 12.0. The van der Waals surface area contributed by atoms with Crippen molar-refractivity contribution in [1.82, 2.24) is 10.2 Å². The first-order valence-corrected chi connectivity index (χ1v) is 6.69. The van der Waals surface area contributed by atoms with Gasteiger partial charge in [0.15, 0.2) is 11.5 Å². The molecule has 104 valence electrons. The van der Waals surface area contributed by atoms with Gasteiger partial charge in [-0.1, -0.05) is 15.9 Å². The number of nitrogens with one attached hydrogen (secondary N) is 2. The number of aryl methyl sites for hydroxylation is 2. The summed E-state index contributed by atoms with van der Waals surface area (Å²) in [5.74, 6) is 5.27. The second-order valence-electron chi connectivity index (χ2n) is 4.33. The minimum absolute atomic E-state index is 0.224. The first-order chi connectivity index (χ1) is 9.51. The van der Waals surface area contributed by atoms with E-state index in [1.165, 1.54) is 0 Å². The van der Waals surface area contributed by atoms with Crippen LogP contribution in [0.3, 0.4) is 0 Å². The van der Waals surface area contributed by atoms with Crippen LogP contribution in [-0.2, 0) is 0 Å². The maximum absolute atomic E-state index is 12.0. The number of carbonyl (C=O) groups excluding carboxylic acids is 1. The molecule has 1 aromatic carbocycles. The van der Waals surface area contributed by atoms with Crippen LogP contribution < -0.4 is 16.6 Å². The first kappa shape index (κ1) is 14.4. The number of aromatic nitrogens is 2. The molecule has 0 fully saturated rings. The summed E-state index contributed by atoms with van der Waals surface area (Å²) >= 11 is 3.49. The molecular formula is C13H14BrN5O. The van der Waals surface area contributed by atoms with E-state index in [9.17, 15) is 4.79 Å². The van der Waals surface area contributed by atoms with Gasteiger partial charge in [-0.2, -0.15) is 0 Å². The highest BCUT2D eigenvalue weighted by Crippen LogP contribution is 2.25. The molecule has 0 aliphatic heterocycles. The average Bonchev–Trinajstić information content (AvgIpc) is 2.44. The van der Waals surface area contributed by atoms with Crippen molar-refractivity contribution < 1.29 is 4.79 Å². The molecule has 7 heteroatoms. The second kappa shape index (κ2) is 5.98. The largest absolute Gasteiger partial charge is 0.321 e. The van der Waals surface area contributed by atoms with Crippen LogP contribution in [0.25, 0.3) is 0 Å². The Morgan fingerprint density at radius 1 is 1.20 bits per heavy atom. The predicted octanol–water partition coefficient (Wildman–Crippen LogP) is 2.39. The molecule has 0 spiro atoms. The van der Waals surface area contributed by atoms with Crippen molar-refractivity contribution in [3.8, 4) is 0 Å². The first-order valence-electron chi connectivity index (χ1n) is 5.89. The molecule has 0 bridgehead atoms. The van der Waals surface area contributed by atoms with Crippen LogP contribution in [0.5, 0.6) is 0 Å². The van der Waals surface area contributed by atoms with Crippen molar-refractivity contribution in [3.63, 3.8) is 0 Å². The Balaban J connectivity index is 2.18. The van der Waals surface area contributed by atoms with Crippen LogP contribution >= 0.6 is 15.9 Å². The van der Waals surface area contributed by atoms with Gasteiger partial charge < -0.3 is 10.7 Å². The summed E-state index contributed by atoms with van der Waals surface area (Å²) in [6, 6.07) is 6.91. The van der Waals surface area contributed by atoms with Gasteiger partial charge in [0.25, 0.3) is 5.91 Å². The number of hydrazine groups is 1. The van der Waals surface area contributed by atoms with E-state index in [0.717, 1.165) is 21.3 Å². The summed E-state index contributed by atoms with van der Waals surface area (Å²) in [6.45, 7) is 3.93. The molecule has 0 saturated carbocycles. The van der Waals surface area contributed by atoms with Gasteiger partial charge in [0.05, 0.1) is 0 Å². The molecule has 1 aromatic heterocycles. The van der Waals surface area contributed by atoms with Gasteiger partial charge in [-0.25, -0.2) is 5.84 Å². The lowest BCUT2D eigenvalue weighted by atomic mass is 10.1. The van der Waals surface area contributed by atoms with Crippen LogP contribution in [0, 0.1) is 13.8 Å². The number of carbonyl (C=O) groups is 1. The number of hydrogen-bond acceptors (Lipinski definition) is 5. The number of benzene rings is 1. The molecule has 6 nitrogen and oxygen atoms in total. The molecule has 0 radical (unpaired) electrons. The number of hydrogen-bond donors (Lipinski definition) is 3. The molecule has 20 heavy (non-hydrogen) atoms. The predicted molar refractivity (Wildman–Crippen MR) is 81.4 cm³/mol. The number of anilines is 2. The topological polar surface area (TPSA) is 92.9 Å². The molecule has 0 unspecified atom stereocenters. The summed E-state index contributed by atoms with van der Waals surface area (Å²) < 4.78 is 1.04. The number of nitrogens with two attached hydrogens (primary N) is 1. The Kier molecular flexibility index (Phi) is 4.31. The van der Waals surface area contributed by atoms with Gasteiger partial charge in [0.1, 0.15) is 0 Å². The highest BCUT2D eigenvalue weighted by Gasteiger charge is 2.10. The number of amides is 1. The monoisotopic (exact) mass is 335 g/mol. The van der Waals surface area contributed by atoms with E-state index < -0.39 is 0 Å². The number of nitrogen functional groups attached to an aromatic ring is 1. The van der Waals surface area contributed by atoms with Gasteiger partial charge in [0.2, 0.25) is 0 Å². The third-order valence-corrected chi connectivity index (χ3v) is 3.99. The Morgan fingerprint density at radius 3 is 2.35 bits per heavy atom. The van der Waals surface area contributed by atoms with E-state index in [2.05, 4.69) is 36.9 Å². The normalized spacial score (nSPS) is 10.2. The van der Waals surface area contributed by atoms with Crippen molar-refractivity contribution in [3.05, 3.63) is 45.6 Å². The molecule has 0 aliphatic rings. The van der Waals surface area contributed by atoms with Gasteiger partial charge >= 0.3 is 0 Å². The zero-order valence-corrected chi connectivity index (χ0v) is 12.7. The highest BCUT2D eigenvalue weighted by atomic mass is 79.9. The van der Waals surface area contributed by atoms with Crippen LogP contribution in [0.2, 0.25) is 0 Å². The Hall–Kier alpha value is -1.99. The van der Waals surface area contributed by atoms with E-state index >= 15 is 0 Å². The lowest BCUT2D eigenvalue weighted by molar-refractivity contribution is 0.102. The minimum atomic E-state index is -0.317. The lowest BCUT2D eigenvalue weighted by Gasteiger charge is -2.09. The molecule has 1 heterocycles. The van der Waals surface area contributed by atoms with Crippen LogP contribution in [-0.4, -0.2) is 16.1 Å². The Morgan fingerprint density at radius 2 is 1.85 bits per heavy atom. The summed E-state index contributed by atoms with van der Waals surface area (Å²) in [6.07, 6.45) is 0. The zero-order valence-electron chi connectivity index (χ0n) is 11.1. The van der Waals surface area contributed by atoms with E-state index in [1.54, 1.807) is 12.1 Å². The molecule has 2 rings (SSSR count). The van der Waals surface area contributed by atoms with E-state index in [1.807, 2.05) is 26.0 Å². The van der Waals surface area contributed by atoms with Crippen molar-refractivity contribution in [2.24, 2.45) is 5.84 Å². The van der Waals surface area contributed by atoms with Crippen molar-refractivity contribution in [2.75, 3.05) is 10.7 Å². The van der Waals surface area contributed by atoms with E-state index in [0.29, 0.717) is 5.82 Å². The zero-order chi connectivity index (χ0) is 14.7. The molecule has 0 atom stereocenters. The van der Waals surface area contributed by atoms with Crippen molar-refractivity contribution in [1.29, 1.82) is 0 Å². The fourth-order valence-corrected chi connectivity index (χ4v) is 1.97. The maximum Gasteiger partial charge on any atom is 0.276 e. The van der Waals surface area contributed by atoms with Gasteiger partial charge in [0, 0.05) is 10.2 Å². The van der Waals surface area contributed by atoms with E-state index in [-0.39, 0.29) is 11.6 Å². The summed E-state index contributed by atoms with van der Waals surface area (Å²) in [5, 5.41) is 10.3. The van der Waals surface area contributed by atoms with Crippen LogP contribution in [0.4, 0.5) is 11.5 Å². The fourth-order valence-electron chi connectivity index (χ4n) is 1.74. The third-order valence-electron chi connectivity index (χ3n) is 2.74. The van der Waals surface area contributed by atoms with Gasteiger partial charge in [-0.3, -0.25) is 4.79 Å². The number of nitrogens with zero attached hydrogens (tertiary/aromatic N) is 2. The Bertz CT molecular complexity index is 619. The maximum atomic E-state index is 12.0. The van der Waals surface area contributed by atoms with Crippen molar-refractivity contribution >= 4 is 33.3 Å². The van der Waals surface area contributed by atoms with Crippen LogP contribution in [0.1, 0.15) is 21.6 Å². The SMILES string of the molecule is Cc1cc(NC(=O)c2ccc(NN)nn2)cc(C)c1Br. The quantitative estimate of drug-likeness (QED) is 0.591. The van der Waals surface area contributed by atoms with Crippen LogP contribution in [0.15, 0.2) is 28.7 Å². The molecule has 4 N–H and O–H groups in total. The smallest absolute Gasteiger partial charge is 0.276 e. The minimum Gasteiger partial charge on any atom is -0.321 e. The summed E-state index contributed by atoms with van der Waals surface area (Å²) in [7, 11) is 0. The average molecular weight is 336 g/mol. The van der Waals surface area contributed by atoms with Gasteiger partial charge in [-0.05, 0) is 49.2 Å². The summed E-state index contributed by atoms with van der Waals surface area (Å²) in [5.41, 5.74) is 5.40. The molecular weight excluding hydrogens is 322 g/mol. The van der Waals surface area contributed by atoms with Gasteiger partial charge in [-0.15, -0.1) is 10.2 Å². The lowest BCUT2D eigenvalue weighted by Crippen LogP contribution is -2.16. The molecule has 0 aliphatic carbocycles. The van der Waals surface area contributed by atoms with E-state index in [4.69, 9.17) is 5.84 Å². The second-order valence-corrected chi connectivity index (χ2v) is 5.12.